The summed E-state index contributed by atoms with van der Waals surface area (Å²) in [7, 11) is 0. The Morgan fingerprint density at radius 1 is 0.304 bits per heavy atom. The Labute approximate surface area is 325 Å². The lowest BCUT2D eigenvalue weighted by molar-refractivity contribution is 0.669. The summed E-state index contributed by atoms with van der Waals surface area (Å²) in [6.45, 7) is 0. The van der Waals surface area contributed by atoms with E-state index >= 15 is 0 Å². The molecule has 0 saturated carbocycles. The molecule has 0 spiro atoms. The zero-order valence-corrected chi connectivity index (χ0v) is 30.6. The molecule has 0 aliphatic carbocycles. The second-order valence-electron chi connectivity index (χ2n) is 14.5. The summed E-state index contributed by atoms with van der Waals surface area (Å²) in [5.74, 6) is 0. The number of para-hydroxylation sites is 1. The van der Waals surface area contributed by atoms with Gasteiger partial charge in [-0.15, -0.1) is 0 Å². The van der Waals surface area contributed by atoms with Gasteiger partial charge in [0, 0.05) is 16.8 Å². The standard InChI is InChI=1S/C54H35NO/c1-2-13-40-33-43(30-27-36(40)11-1)42-15-8-17-45(35-42)55(51-22-10-24-53-54(51)50-19-5-6-23-52(50)56-53)44-16-7-14-41(34-44)37-25-28-39(29-26-37)47-20-9-21-48-46-18-4-3-12-38(46)31-32-49(47)48/h1-35H. The van der Waals surface area contributed by atoms with Crippen molar-refractivity contribution in [3.63, 3.8) is 0 Å². The van der Waals surface area contributed by atoms with Crippen LogP contribution >= 0.6 is 0 Å². The van der Waals surface area contributed by atoms with Crippen LogP contribution in [-0.2, 0) is 0 Å². The summed E-state index contributed by atoms with van der Waals surface area (Å²) in [4.78, 5) is 2.38. The predicted octanol–water partition coefficient (Wildman–Crippen LogP) is 15.5. The van der Waals surface area contributed by atoms with E-state index in [0.717, 1.165) is 55.7 Å². The molecule has 0 N–H and O–H groups in total. The number of nitrogens with zero attached hydrogens (tertiary/aromatic N) is 1. The Morgan fingerprint density at radius 3 is 1.70 bits per heavy atom. The number of furan rings is 1. The normalized spacial score (nSPS) is 11.6. The van der Waals surface area contributed by atoms with Crippen molar-refractivity contribution in [1.82, 2.24) is 0 Å². The Bertz CT molecular complexity index is 3260. The highest BCUT2D eigenvalue weighted by atomic mass is 16.3. The molecule has 0 bridgehead atoms. The maximum absolute atomic E-state index is 6.41. The smallest absolute Gasteiger partial charge is 0.137 e. The third kappa shape index (κ3) is 5.42. The Balaban J connectivity index is 1.03. The van der Waals surface area contributed by atoms with Gasteiger partial charge in [0.1, 0.15) is 11.2 Å². The van der Waals surface area contributed by atoms with E-state index in [0.29, 0.717) is 0 Å². The minimum atomic E-state index is 0.868. The molecule has 11 aromatic rings. The van der Waals surface area contributed by atoms with Crippen LogP contribution in [0.15, 0.2) is 217 Å². The largest absolute Gasteiger partial charge is 0.456 e. The SMILES string of the molecule is c1cc(-c2ccc(-c3cccc4c3ccc3ccccc34)cc2)cc(N(c2cccc(-c3ccc4ccccc4c3)c2)c2cccc3oc4ccccc4c23)c1. The van der Waals surface area contributed by atoms with Crippen molar-refractivity contribution < 1.29 is 4.42 Å². The van der Waals surface area contributed by atoms with Crippen LogP contribution in [0.4, 0.5) is 17.1 Å². The van der Waals surface area contributed by atoms with Crippen LogP contribution in [0.25, 0.3) is 87.6 Å². The Hall–Kier alpha value is -7.42. The van der Waals surface area contributed by atoms with E-state index in [1.54, 1.807) is 0 Å². The molecule has 0 fully saturated rings. The molecule has 0 unspecified atom stereocenters. The van der Waals surface area contributed by atoms with Gasteiger partial charge in [-0.2, -0.15) is 0 Å². The number of hydrogen-bond donors (Lipinski definition) is 0. The average Bonchev–Trinajstić information content (AvgIpc) is 3.66. The maximum atomic E-state index is 6.41. The van der Waals surface area contributed by atoms with Crippen molar-refractivity contribution in [2.24, 2.45) is 0 Å². The molecule has 11 rings (SSSR count). The topological polar surface area (TPSA) is 16.4 Å². The molecule has 1 aromatic heterocycles. The van der Waals surface area contributed by atoms with Gasteiger partial charge in [-0.1, -0.05) is 164 Å². The maximum Gasteiger partial charge on any atom is 0.137 e. The molecule has 2 nitrogen and oxygen atoms in total. The molecular weight excluding hydrogens is 679 g/mol. The van der Waals surface area contributed by atoms with Crippen molar-refractivity contribution in [2.45, 2.75) is 0 Å². The van der Waals surface area contributed by atoms with Crippen LogP contribution < -0.4 is 4.90 Å². The summed E-state index contributed by atoms with van der Waals surface area (Å²) < 4.78 is 6.41. The van der Waals surface area contributed by atoms with Crippen LogP contribution in [0.5, 0.6) is 0 Å². The number of benzene rings is 10. The van der Waals surface area contributed by atoms with Crippen LogP contribution in [0.3, 0.4) is 0 Å². The zero-order valence-electron chi connectivity index (χ0n) is 30.6. The first-order chi connectivity index (χ1) is 27.7. The summed E-state index contributed by atoms with van der Waals surface area (Å²) in [6.07, 6.45) is 0. The van der Waals surface area contributed by atoms with Crippen molar-refractivity contribution >= 4 is 71.3 Å². The molecule has 0 atom stereocenters. The first-order valence-corrected chi connectivity index (χ1v) is 19.2. The highest BCUT2D eigenvalue weighted by molar-refractivity contribution is 6.14. The number of anilines is 3. The lowest BCUT2D eigenvalue weighted by atomic mass is 9.93. The second-order valence-corrected chi connectivity index (χ2v) is 14.5. The molecule has 0 radical (unpaired) electrons. The summed E-state index contributed by atoms with van der Waals surface area (Å²) in [5, 5.41) is 9.76. The van der Waals surface area contributed by atoms with Crippen LogP contribution in [0.2, 0.25) is 0 Å². The van der Waals surface area contributed by atoms with Gasteiger partial charge >= 0.3 is 0 Å². The fourth-order valence-electron chi connectivity index (χ4n) is 8.52. The summed E-state index contributed by atoms with van der Waals surface area (Å²) >= 11 is 0. The lowest BCUT2D eigenvalue weighted by Crippen LogP contribution is -2.10. The monoisotopic (exact) mass is 713 g/mol. The third-order valence-corrected chi connectivity index (χ3v) is 11.2. The zero-order chi connectivity index (χ0) is 37.0. The van der Waals surface area contributed by atoms with Crippen molar-refractivity contribution in [1.29, 1.82) is 0 Å². The van der Waals surface area contributed by atoms with Gasteiger partial charge in [-0.25, -0.2) is 0 Å². The molecule has 262 valence electrons. The van der Waals surface area contributed by atoms with E-state index in [9.17, 15) is 0 Å². The predicted molar refractivity (Wildman–Crippen MR) is 237 cm³/mol. The third-order valence-electron chi connectivity index (χ3n) is 11.2. The van der Waals surface area contributed by atoms with E-state index in [4.69, 9.17) is 4.42 Å². The van der Waals surface area contributed by atoms with Gasteiger partial charge in [0.25, 0.3) is 0 Å². The average molecular weight is 714 g/mol. The van der Waals surface area contributed by atoms with Crippen LogP contribution in [-0.4, -0.2) is 0 Å². The highest BCUT2D eigenvalue weighted by Crippen LogP contribution is 2.44. The van der Waals surface area contributed by atoms with E-state index in [1.165, 1.54) is 49.0 Å². The number of rotatable bonds is 6. The highest BCUT2D eigenvalue weighted by Gasteiger charge is 2.20. The van der Waals surface area contributed by atoms with Gasteiger partial charge < -0.3 is 9.32 Å². The van der Waals surface area contributed by atoms with E-state index in [2.05, 4.69) is 211 Å². The molecule has 0 saturated heterocycles. The van der Waals surface area contributed by atoms with Gasteiger partial charge in [-0.05, 0) is 114 Å². The Morgan fingerprint density at radius 2 is 0.875 bits per heavy atom. The molecule has 0 aliphatic heterocycles. The van der Waals surface area contributed by atoms with Crippen LogP contribution in [0.1, 0.15) is 0 Å². The molecule has 56 heavy (non-hydrogen) atoms. The van der Waals surface area contributed by atoms with Crippen molar-refractivity contribution in [3.8, 4) is 33.4 Å². The summed E-state index contributed by atoms with van der Waals surface area (Å²) in [6, 6.07) is 76.5. The Kier molecular flexibility index (Phi) is 7.53. The molecule has 0 amide bonds. The van der Waals surface area contributed by atoms with E-state index in [-0.39, 0.29) is 0 Å². The fraction of sp³-hybridized carbons (Fsp3) is 0. The minimum Gasteiger partial charge on any atom is -0.456 e. The minimum absolute atomic E-state index is 0.868. The fourth-order valence-corrected chi connectivity index (χ4v) is 8.52. The number of fused-ring (bicyclic) bond motifs is 7. The quantitative estimate of drug-likeness (QED) is 0.160. The summed E-state index contributed by atoms with van der Waals surface area (Å²) in [5.41, 5.74) is 12.1. The van der Waals surface area contributed by atoms with E-state index in [1.807, 2.05) is 6.07 Å². The molecular formula is C54H35NO. The molecule has 0 aliphatic rings. The van der Waals surface area contributed by atoms with Gasteiger partial charge in [0.05, 0.1) is 11.1 Å². The first-order valence-electron chi connectivity index (χ1n) is 19.2. The van der Waals surface area contributed by atoms with Gasteiger partial charge in [-0.3, -0.25) is 0 Å². The molecule has 10 aromatic carbocycles. The van der Waals surface area contributed by atoms with Crippen LogP contribution in [0, 0.1) is 0 Å². The molecule has 1 heterocycles. The van der Waals surface area contributed by atoms with Crippen molar-refractivity contribution in [3.05, 3.63) is 212 Å². The molecule has 2 heteroatoms. The lowest BCUT2D eigenvalue weighted by Gasteiger charge is -2.27. The van der Waals surface area contributed by atoms with E-state index < -0.39 is 0 Å². The van der Waals surface area contributed by atoms with Gasteiger partial charge in [0.15, 0.2) is 0 Å². The van der Waals surface area contributed by atoms with Gasteiger partial charge in [0.2, 0.25) is 0 Å². The first kappa shape index (κ1) is 32.0. The van der Waals surface area contributed by atoms with Crippen molar-refractivity contribution in [2.75, 3.05) is 4.90 Å². The second kappa shape index (κ2) is 13.2. The number of hydrogen-bond acceptors (Lipinski definition) is 2.